The quantitative estimate of drug-likeness (QED) is 0.596. The van der Waals surface area contributed by atoms with Crippen LogP contribution in [0.4, 0.5) is 0 Å². The van der Waals surface area contributed by atoms with Crippen molar-refractivity contribution in [2.45, 2.75) is 57.9 Å². The highest BCUT2D eigenvalue weighted by molar-refractivity contribution is 8.14. The highest BCUT2D eigenvalue weighted by Crippen LogP contribution is 2.44. The van der Waals surface area contributed by atoms with E-state index in [0.29, 0.717) is 28.7 Å². The van der Waals surface area contributed by atoms with Gasteiger partial charge in [0.25, 0.3) is 0 Å². The lowest BCUT2D eigenvalue weighted by molar-refractivity contribution is -0.136. The molecule has 33 heavy (non-hydrogen) atoms. The summed E-state index contributed by atoms with van der Waals surface area (Å²) < 4.78 is 10.8. The van der Waals surface area contributed by atoms with Crippen molar-refractivity contribution in [2.75, 3.05) is 19.5 Å². The zero-order chi connectivity index (χ0) is 23.8. The van der Waals surface area contributed by atoms with E-state index in [4.69, 9.17) is 9.47 Å². The molecule has 0 aromatic heterocycles. The van der Waals surface area contributed by atoms with Gasteiger partial charge in [-0.15, -0.1) is 0 Å². The Kier molecular flexibility index (Phi) is 8.95. The Bertz CT molecular complexity index is 976. The smallest absolute Gasteiger partial charge is 0.336 e. The fourth-order valence-electron chi connectivity index (χ4n) is 4.48. The molecule has 2 aliphatic rings. The molecular weight excluding hydrogens is 438 g/mol. The molecule has 1 aromatic rings. The minimum atomic E-state index is -0.739. The van der Waals surface area contributed by atoms with Gasteiger partial charge in [-0.1, -0.05) is 49.2 Å². The van der Waals surface area contributed by atoms with Crippen molar-refractivity contribution in [3.63, 3.8) is 0 Å². The minimum Gasteiger partial charge on any atom is -0.494 e. The molecule has 0 radical (unpaired) electrons. The molecule has 1 N–H and O–H groups in total. The molecule has 8 heteroatoms. The first-order chi connectivity index (χ1) is 16.0. The van der Waals surface area contributed by atoms with E-state index in [1.165, 1.54) is 25.3 Å². The molecule has 1 fully saturated rings. The third-order valence-corrected chi connectivity index (χ3v) is 7.05. The minimum absolute atomic E-state index is 0.0575. The second kappa shape index (κ2) is 11.9. The Morgan fingerprint density at radius 2 is 1.97 bits per heavy atom. The summed E-state index contributed by atoms with van der Waals surface area (Å²) in [7, 11) is 1.32. The summed E-state index contributed by atoms with van der Waals surface area (Å²) in [5, 5.41) is 13.8. The summed E-state index contributed by atoms with van der Waals surface area (Å²) in [4.78, 5) is 29.8. The molecule has 1 aromatic carbocycles. The highest BCUT2D eigenvalue weighted by atomic mass is 32.2. The molecule has 0 spiro atoms. The van der Waals surface area contributed by atoms with Gasteiger partial charge in [-0.25, -0.2) is 9.79 Å². The number of ether oxygens (including phenoxy) is 2. The summed E-state index contributed by atoms with van der Waals surface area (Å²) >= 11 is 1.26. The van der Waals surface area contributed by atoms with Gasteiger partial charge in [0.05, 0.1) is 36.2 Å². The Hall–Kier alpha value is -2.79. The van der Waals surface area contributed by atoms with Crippen LogP contribution in [-0.4, -0.2) is 42.4 Å². The third kappa shape index (κ3) is 5.97. The number of benzene rings is 1. The topological polar surface area (TPSA) is 101 Å². The number of nitrogens with one attached hydrogen (secondary N) is 1. The van der Waals surface area contributed by atoms with Gasteiger partial charge in [0.1, 0.15) is 11.7 Å². The molecule has 0 saturated heterocycles. The number of nitriles is 1. The summed E-state index contributed by atoms with van der Waals surface area (Å²) in [5.74, 6) is -1.14. The molecule has 1 saturated carbocycles. The van der Waals surface area contributed by atoms with Crippen LogP contribution < -0.4 is 10.1 Å². The summed E-state index contributed by atoms with van der Waals surface area (Å²) in [6.45, 7) is 4.07. The van der Waals surface area contributed by atoms with Crippen LogP contribution in [0, 0.1) is 17.2 Å². The molecule has 1 aliphatic heterocycles. The average molecular weight is 470 g/mol. The number of hydrogen-bond acceptors (Lipinski definition) is 7. The number of methoxy groups -OCH3 is 1. The van der Waals surface area contributed by atoms with E-state index >= 15 is 0 Å². The molecular formula is C25H31N3O4S. The number of esters is 1. The molecule has 1 unspecified atom stereocenters. The monoisotopic (exact) mass is 469 g/mol. The number of thioether (sulfide) groups is 1. The van der Waals surface area contributed by atoms with E-state index in [1.807, 2.05) is 31.2 Å². The van der Waals surface area contributed by atoms with E-state index in [0.717, 1.165) is 31.2 Å². The Morgan fingerprint density at radius 3 is 2.64 bits per heavy atom. The molecule has 1 heterocycles. The van der Waals surface area contributed by atoms with Crippen LogP contribution in [0.3, 0.4) is 0 Å². The second-order valence-electron chi connectivity index (χ2n) is 8.19. The van der Waals surface area contributed by atoms with Gasteiger partial charge < -0.3 is 14.8 Å². The zero-order valence-corrected chi connectivity index (χ0v) is 20.2. The Labute approximate surface area is 199 Å². The lowest BCUT2D eigenvalue weighted by Crippen LogP contribution is -2.38. The molecule has 7 nitrogen and oxygen atoms in total. The van der Waals surface area contributed by atoms with Crippen LogP contribution in [0.25, 0.3) is 0 Å². The summed E-state index contributed by atoms with van der Waals surface area (Å²) in [5.41, 5.74) is 1.55. The number of para-hydroxylation sites is 1. The van der Waals surface area contributed by atoms with E-state index in [9.17, 15) is 14.9 Å². The maximum absolute atomic E-state index is 12.7. The number of rotatable bonds is 7. The van der Waals surface area contributed by atoms with Crippen molar-refractivity contribution in [2.24, 2.45) is 10.9 Å². The lowest BCUT2D eigenvalue weighted by atomic mass is 9.78. The summed E-state index contributed by atoms with van der Waals surface area (Å²) in [6.07, 6.45) is 5.53. The van der Waals surface area contributed by atoms with E-state index in [2.05, 4.69) is 16.4 Å². The Balaban J connectivity index is 1.89. The van der Waals surface area contributed by atoms with Crippen molar-refractivity contribution >= 4 is 28.7 Å². The fraction of sp³-hybridized carbons (Fsp3) is 0.520. The normalized spacial score (nSPS) is 21.1. The van der Waals surface area contributed by atoms with Crippen LogP contribution in [-0.2, 0) is 14.3 Å². The molecule has 0 bridgehead atoms. The first-order valence-corrected chi connectivity index (χ1v) is 12.4. The van der Waals surface area contributed by atoms with Gasteiger partial charge in [-0.05, 0) is 32.8 Å². The van der Waals surface area contributed by atoms with Gasteiger partial charge in [0, 0.05) is 23.2 Å². The highest BCUT2D eigenvalue weighted by Gasteiger charge is 2.40. The molecule has 2 atom stereocenters. The average Bonchev–Trinajstić information content (AvgIpc) is 2.83. The predicted octanol–water partition coefficient (Wildman–Crippen LogP) is 4.35. The van der Waals surface area contributed by atoms with Crippen LogP contribution in [0.2, 0.25) is 0 Å². The number of nitrogens with zero attached hydrogens (tertiary/aromatic N) is 2. The number of carbonyl (C=O) groups is 2. The number of aliphatic imine (C=N–C) groups is 1. The van der Waals surface area contributed by atoms with Crippen LogP contribution in [0.15, 0.2) is 40.5 Å². The number of allylic oxidation sites excluding steroid dienone is 1. The predicted molar refractivity (Wildman–Crippen MR) is 129 cm³/mol. The van der Waals surface area contributed by atoms with Crippen molar-refractivity contribution in [1.29, 1.82) is 5.26 Å². The van der Waals surface area contributed by atoms with Gasteiger partial charge in [0.2, 0.25) is 5.91 Å². The van der Waals surface area contributed by atoms with Gasteiger partial charge >= 0.3 is 5.97 Å². The van der Waals surface area contributed by atoms with E-state index in [-0.39, 0.29) is 17.7 Å². The van der Waals surface area contributed by atoms with Crippen LogP contribution >= 0.6 is 11.8 Å². The molecule has 3 rings (SSSR count). The fourth-order valence-corrected chi connectivity index (χ4v) is 5.41. The first-order valence-electron chi connectivity index (χ1n) is 11.4. The lowest BCUT2D eigenvalue weighted by Gasteiger charge is -2.30. The van der Waals surface area contributed by atoms with Gasteiger partial charge in [-0.2, -0.15) is 5.26 Å². The van der Waals surface area contributed by atoms with E-state index < -0.39 is 17.8 Å². The Morgan fingerprint density at radius 1 is 1.24 bits per heavy atom. The SMILES string of the molecule is CCOc1ccccc1[C@H]1C(C(=O)OC)=C(C)N=C(SCC(=O)NC2CCCCC2)C1C#N. The van der Waals surface area contributed by atoms with Gasteiger partial charge in [-0.3, -0.25) is 4.79 Å². The molecule has 176 valence electrons. The molecule has 1 aliphatic carbocycles. The first kappa shape index (κ1) is 24.8. The number of carbonyl (C=O) groups excluding carboxylic acids is 2. The second-order valence-corrected chi connectivity index (χ2v) is 9.18. The third-order valence-electron chi connectivity index (χ3n) is 6.00. The zero-order valence-electron chi connectivity index (χ0n) is 19.4. The van der Waals surface area contributed by atoms with Crippen molar-refractivity contribution < 1.29 is 19.1 Å². The maximum atomic E-state index is 12.7. The maximum Gasteiger partial charge on any atom is 0.336 e. The standard InChI is InChI=1S/C25H31N3O4S/c1-4-32-20-13-9-8-12-18(20)23-19(14-26)24(27-16(2)22(23)25(30)31-3)33-15-21(29)28-17-10-6-5-7-11-17/h8-9,12-13,17,19,23H,4-7,10-11,15H2,1-3H3,(H,28,29)/t19?,23-/m1/s1. The van der Waals surface area contributed by atoms with E-state index in [1.54, 1.807) is 6.92 Å². The number of hydrogen-bond donors (Lipinski definition) is 1. The molecule has 1 amide bonds. The van der Waals surface area contributed by atoms with Crippen LogP contribution in [0.1, 0.15) is 57.4 Å². The summed E-state index contributed by atoms with van der Waals surface area (Å²) in [6, 6.07) is 9.95. The largest absolute Gasteiger partial charge is 0.494 e. The van der Waals surface area contributed by atoms with Crippen molar-refractivity contribution in [1.82, 2.24) is 5.32 Å². The number of amides is 1. The van der Waals surface area contributed by atoms with Crippen LogP contribution in [0.5, 0.6) is 5.75 Å². The van der Waals surface area contributed by atoms with Gasteiger partial charge in [0.15, 0.2) is 0 Å². The van der Waals surface area contributed by atoms with Crippen molar-refractivity contribution in [3.05, 3.63) is 41.1 Å². The van der Waals surface area contributed by atoms with Crippen molar-refractivity contribution in [3.8, 4) is 11.8 Å².